The molecule has 4 aliphatic rings. The SMILES string of the molecule is CN(c1nc(N2C[C@@H]3C(CC(=O)O)[C@@H]3C2)c2c(n1)C(F)(F)CCC2)C1CCC1. The lowest BCUT2D eigenvalue weighted by Crippen LogP contribution is -2.39. The zero-order valence-corrected chi connectivity index (χ0v) is 16.1. The van der Waals surface area contributed by atoms with Gasteiger partial charge in [-0.3, -0.25) is 4.79 Å². The third-order valence-electron chi connectivity index (χ3n) is 7.26. The van der Waals surface area contributed by atoms with Crippen molar-refractivity contribution in [3.63, 3.8) is 0 Å². The number of aliphatic carboxylic acids is 1. The molecular weight excluding hydrogens is 366 g/mol. The van der Waals surface area contributed by atoms with Crippen molar-refractivity contribution in [1.82, 2.24) is 9.97 Å². The van der Waals surface area contributed by atoms with Crippen LogP contribution < -0.4 is 9.80 Å². The number of nitrogens with zero attached hydrogens (tertiary/aromatic N) is 4. The van der Waals surface area contributed by atoms with Crippen LogP contribution in [0.4, 0.5) is 20.5 Å². The fourth-order valence-corrected chi connectivity index (χ4v) is 5.28. The van der Waals surface area contributed by atoms with E-state index in [1.54, 1.807) is 0 Å². The summed E-state index contributed by atoms with van der Waals surface area (Å²) in [5.74, 6) is -1.68. The summed E-state index contributed by atoms with van der Waals surface area (Å²) in [5, 5.41) is 9.03. The summed E-state index contributed by atoms with van der Waals surface area (Å²) < 4.78 is 29.4. The van der Waals surface area contributed by atoms with E-state index in [4.69, 9.17) is 10.1 Å². The van der Waals surface area contributed by atoms with Crippen molar-refractivity contribution >= 4 is 17.7 Å². The largest absolute Gasteiger partial charge is 0.481 e. The highest BCUT2D eigenvalue weighted by Gasteiger charge is 2.57. The van der Waals surface area contributed by atoms with E-state index in [-0.39, 0.29) is 24.5 Å². The zero-order valence-electron chi connectivity index (χ0n) is 16.1. The number of fused-ring (bicyclic) bond motifs is 2. The number of carboxylic acid groups (broad SMARTS) is 1. The molecule has 1 aromatic heterocycles. The van der Waals surface area contributed by atoms with Gasteiger partial charge < -0.3 is 14.9 Å². The number of aromatic nitrogens is 2. The van der Waals surface area contributed by atoms with E-state index in [0.717, 1.165) is 19.3 Å². The molecule has 0 aromatic carbocycles. The summed E-state index contributed by atoms with van der Waals surface area (Å²) in [6.45, 7) is 1.43. The number of hydrogen-bond acceptors (Lipinski definition) is 5. The smallest absolute Gasteiger partial charge is 0.303 e. The highest BCUT2D eigenvalue weighted by molar-refractivity contribution is 5.68. The third kappa shape index (κ3) is 2.83. The number of carboxylic acids is 1. The van der Waals surface area contributed by atoms with Crippen LogP contribution in [0.3, 0.4) is 0 Å². The van der Waals surface area contributed by atoms with Gasteiger partial charge in [0.15, 0.2) is 0 Å². The lowest BCUT2D eigenvalue weighted by Gasteiger charge is -2.37. The Balaban J connectivity index is 1.46. The summed E-state index contributed by atoms with van der Waals surface area (Å²) in [7, 11) is 1.90. The first-order valence-corrected chi connectivity index (χ1v) is 10.3. The fraction of sp³-hybridized carbons (Fsp3) is 0.750. The summed E-state index contributed by atoms with van der Waals surface area (Å²) in [6.07, 6.45) is 4.33. The van der Waals surface area contributed by atoms with E-state index in [9.17, 15) is 13.6 Å². The highest BCUT2D eigenvalue weighted by atomic mass is 19.3. The van der Waals surface area contributed by atoms with Crippen molar-refractivity contribution in [2.75, 3.05) is 29.9 Å². The Bertz CT molecular complexity index is 802. The zero-order chi connectivity index (χ0) is 19.6. The number of hydrogen-bond donors (Lipinski definition) is 1. The van der Waals surface area contributed by atoms with Gasteiger partial charge in [0, 0.05) is 44.6 Å². The molecule has 1 N–H and O–H groups in total. The normalized spacial score (nSPS) is 30.4. The molecule has 28 heavy (non-hydrogen) atoms. The third-order valence-corrected chi connectivity index (χ3v) is 7.26. The topological polar surface area (TPSA) is 69.6 Å². The lowest BCUT2D eigenvalue weighted by molar-refractivity contribution is -0.137. The van der Waals surface area contributed by atoms with Crippen molar-refractivity contribution in [3.05, 3.63) is 11.3 Å². The van der Waals surface area contributed by atoms with E-state index < -0.39 is 11.9 Å². The van der Waals surface area contributed by atoms with Crippen LogP contribution >= 0.6 is 0 Å². The van der Waals surface area contributed by atoms with Crippen molar-refractivity contribution in [2.45, 2.75) is 56.9 Å². The number of halogens is 2. The molecule has 3 atom stereocenters. The first-order valence-electron chi connectivity index (χ1n) is 10.3. The van der Waals surface area contributed by atoms with Crippen molar-refractivity contribution < 1.29 is 18.7 Å². The van der Waals surface area contributed by atoms with Gasteiger partial charge in [-0.15, -0.1) is 0 Å². The van der Waals surface area contributed by atoms with Gasteiger partial charge in [-0.05, 0) is 49.9 Å². The maximum Gasteiger partial charge on any atom is 0.303 e. The Morgan fingerprint density at radius 3 is 2.57 bits per heavy atom. The summed E-state index contributed by atoms with van der Waals surface area (Å²) in [6, 6.07) is 0.329. The lowest BCUT2D eigenvalue weighted by atomic mass is 9.91. The molecular formula is C20H26F2N4O2. The first-order chi connectivity index (χ1) is 13.3. The van der Waals surface area contributed by atoms with Crippen LogP contribution in [0.25, 0.3) is 0 Å². The van der Waals surface area contributed by atoms with Crippen LogP contribution in [-0.4, -0.2) is 47.2 Å². The minimum atomic E-state index is -2.91. The minimum absolute atomic E-state index is 0.0902. The molecule has 3 fully saturated rings. The number of carbonyl (C=O) groups is 1. The van der Waals surface area contributed by atoms with Gasteiger partial charge in [0.1, 0.15) is 11.5 Å². The van der Waals surface area contributed by atoms with Crippen LogP contribution in [0.2, 0.25) is 0 Å². The van der Waals surface area contributed by atoms with Crippen LogP contribution in [0.5, 0.6) is 0 Å². The number of rotatable bonds is 5. The standard InChI is InChI=1S/C20H26F2N4O2/c1-25(11-4-2-5-11)19-23-17-12(6-3-7-20(17,21)22)18(24-19)26-9-14-13(8-16(27)28)15(14)10-26/h11,13-15H,2-10H2,1H3,(H,27,28)/t13?,14-,15+. The Kier molecular flexibility index (Phi) is 4.04. The van der Waals surface area contributed by atoms with Crippen LogP contribution in [0.1, 0.15) is 49.8 Å². The number of alkyl halides is 2. The average molecular weight is 392 g/mol. The quantitative estimate of drug-likeness (QED) is 0.831. The summed E-state index contributed by atoms with van der Waals surface area (Å²) in [4.78, 5) is 24.2. The van der Waals surface area contributed by atoms with Gasteiger partial charge in [-0.1, -0.05) is 0 Å². The minimum Gasteiger partial charge on any atom is -0.481 e. The van der Waals surface area contributed by atoms with E-state index in [2.05, 4.69) is 9.88 Å². The summed E-state index contributed by atoms with van der Waals surface area (Å²) >= 11 is 0. The average Bonchev–Trinajstić information content (AvgIpc) is 3.01. The Labute approximate surface area is 162 Å². The van der Waals surface area contributed by atoms with Crippen molar-refractivity contribution in [1.29, 1.82) is 0 Å². The Morgan fingerprint density at radius 2 is 1.96 bits per heavy atom. The predicted molar refractivity (Wildman–Crippen MR) is 99.8 cm³/mol. The Morgan fingerprint density at radius 1 is 1.25 bits per heavy atom. The molecule has 6 nitrogen and oxygen atoms in total. The second kappa shape index (κ2) is 6.26. The molecule has 1 aliphatic heterocycles. The van der Waals surface area contributed by atoms with Gasteiger partial charge in [0.05, 0.1) is 0 Å². The number of anilines is 2. The molecule has 0 bridgehead atoms. The van der Waals surface area contributed by atoms with Gasteiger partial charge in [-0.2, -0.15) is 13.8 Å². The van der Waals surface area contributed by atoms with E-state index in [1.165, 1.54) is 0 Å². The molecule has 3 aliphatic carbocycles. The fourth-order valence-electron chi connectivity index (χ4n) is 5.28. The van der Waals surface area contributed by atoms with E-state index in [0.29, 0.717) is 61.1 Å². The highest BCUT2D eigenvalue weighted by Crippen LogP contribution is 2.55. The van der Waals surface area contributed by atoms with E-state index >= 15 is 0 Å². The molecule has 152 valence electrons. The maximum atomic E-state index is 14.7. The Hall–Kier alpha value is -1.99. The molecule has 1 aromatic rings. The second-order valence-electron chi connectivity index (χ2n) is 8.92. The molecule has 0 spiro atoms. The van der Waals surface area contributed by atoms with E-state index in [1.807, 2.05) is 11.9 Å². The molecule has 2 heterocycles. The molecule has 0 amide bonds. The van der Waals surface area contributed by atoms with Crippen molar-refractivity contribution in [2.24, 2.45) is 17.8 Å². The molecule has 5 rings (SSSR count). The van der Waals surface area contributed by atoms with Crippen LogP contribution in [0.15, 0.2) is 0 Å². The monoisotopic (exact) mass is 392 g/mol. The molecule has 2 saturated carbocycles. The van der Waals surface area contributed by atoms with Crippen molar-refractivity contribution in [3.8, 4) is 0 Å². The summed E-state index contributed by atoms with van der Waals surface area (Å²) in [5.41, 5.74) is 0.505. The molecule has 1 unspecified atom stereocenters. The maximum absolute atomic E-state index is 14.7. The van der Waals surface area contributed by atoms with Gasteiger partial charge in [0.25, 0.3) is 5.92 Å². The van der Waals surface area contributed by atoms with Gasteiger partial charge in [-0.25, -0.2) is 4.98 Å². The van der Waals surface area contributed by atoms with Crippen LogP contribution in [0, 0.1) is 17.8 Å². The number of piperidine rings is 1. The van der Waals surface area contributed by atoms with Gasteiger partial charge in [0.2, 0.25) is 5.95 Å². The molecule has 8 heteroatoms. The van der Waals surface area contributed by atoms with Gasteiger partial charge >= 0.3 is 5.97 Å². The predicted octanol–water partition coefficient (Wildman–Crippen LogP) is 3.05. The van der Waals surface area contributed by atoms with Crippen LogP contribution in [-0.2, 0) is 17.1 Å². The first kappa shape index (κ1) is 18.1. The molecule has 0 radical (unpaired) electrons. The second-order valence-corrected chi connectivity index (χ2v) is 8.92. The molecule has 1 saturated heterocycles.